The minimum atomic E-state index is 0.200. The molecule has 0 aromatic rings. The van der Waals surface area contributed by atoms with Crippen molar-refractivity contribution in [1.82, 2.24) is 0 Å². The van der Waals surface area contributed by atoms with Crippen LogP contribution in [0.3, 0.4) is 0 Å². The lowest BCUT2D eigenvalue weighted by Crippen LogP contribution is -2.22. The van der Waals surface area contributed by atoms with Crippen LogP contribution < -0.4 is 5.73 Å². The number of ether oxygens (including phenoxy) is 1. The molecule has 2 atom stereocenters. The molecule has 1 saturated heterocycles. The summed E-state index contributed by atoms with van der Waals surface area (Å²) in [5.74, 6) is 2.48. The van der Waals surface area contributed by atoms with Crippen LogP contribution in [-0.2, 0) is 4.74 Å². The fraction of sp³-hybridized carbons (Fsp3) is 0.889. The predicted octanol–water partition coefficient (Wildman–Crippen LogP) is 1.47. The molecule has 76 valence electrons. The molecule has 0 aromatic carbocycles. The Morgan fingerprint density at radius 1 is 1.77 bits per heavy atom. The molecule has 1 heterocycles. The van der Waals surface area contributed by atoms with Crippen LogP contribution in [0.4, 0.5) is 0 Å². The summed E-state index contributed by atoms with van der Waals surface area (Å²) in [4.78, 5) is 0. The van der Waals surface area contributed by atoms with Gasteiger partial charge in [0.05, 0.1) is 11.9 Å². The highest BCUT2D eigenvalue weighted by Crippen LogP contribution is 2.18. The zero-order chi connectivity index (χ0) is 9.68. The minimum absolute atomic E-state index is 0.200. The van der Waals surface area contributed by atoms with E-state index in [-0.39, 0.29) is 5.92 Å². The smallest absolute Gasteiger partial charge is 0.0942 e. The second kappa shape index (κ2) is 5.50. The molecule has 3 nitrogen and oxygen atoms in total. The van der Waals surface area contributed by atoms with Crippen molar-refractivity contribution < 1.29 is 4.74 Å². The number of rotatable bonds is 5. The van der Waals surface area contributed by atoms with E-state index in [0.717, 1.165) is 18.1 Å². The van der Waals surface area contributed by atoms with Crippen molar-refractivity contribution in [1.29, 1.82) is 5.41 Å². The van der Waals surface area contributed by atoms with Gasteiger partial charge in [-0.1, -0.05) is 6.92 Å². The molecular weight excluding hydrogens is 184 g/mol. The van der Waals surface area contributed by atoms with Crippen molar-refractivity contribution in [2.24, 2.45) is 11.7 Å². The van der Waals surface area contributed by atoms with Gasteiger partial charge in [-0.15, -0.1) is 0 Å². The molecular formula is C9H18N2OS. The lowest BCUT2D eigenvalue weighted by molar-refractivity contribution is 0.129. The van der Waals surface area contributed by atoms with Gasteiger partial charge in [-0.2, -0.15) is 11.8 Å². The molecule has 1 fully saturated rings. The molecule has 3 N–H and O–H groups in total. The summed E-state index contributed by atoms with van der Waals surface area (Å²) < 4.78 is 5.49. The standard InChI is InChI=1S/C9H18N2OS/c1-7(9(10)11)5-13-6-8-3-2-4-12-8/h7-8H,2-6H2,1H3,(H3,10,11). The highest BCUT2D eigenvalue weighted by Gasteiger charge is 2.15. The SMILES string of the molecule is CC(CSCC1CCCO1)C(=N)N. The van der Waals surface area contributed by atoms with E-state index in [4.69, 9.17) is 15.9 Å². The zero-order valence-electron chi connectivity index (χ0n) is 8.08. The molecule has 4 heteroatoms. The maximum absolute atomic E-state index is 7.22. The van der Waals surface area contributed by atoms with Gasteiger partial charge in [-0.05, 0) is 12.8 Å². The van der Waals surface area contributed by atoms with Crippen LogP contribution in [0.25, 0.3) is 0 Å². The summed E-state index contributed by atoms with van der Waals surface area (Å²) in [7, 11) is 0. The fourth-order valence-electron chi connectivity index (χ4n) is 1.24. The quantitative estimate of drug-likeness (QED) is 0.524. The highest BCUT2D eigenvalue weighted by atomic mass is 32.2. The summed E-state index contributed by atoms with van der Waals surface area (Å²) in [6, 6.07) is 0. The second-order valence-electron chi connectivity index (χ2n) is 3.53. The van der Waals surface area contributed by atoms with Crippen molar-refractivity contribution in [3.63, 3.8) is 0 Å². The topological polar surface area (TPSA) is 59.1 Å². The van der Waals surface area contributed by atoms with Gasteiger partial charge in [0.25, 0.3) is 0 Å². The van der Waals surface area contributed by atoms with Crippen molar-refractivity contribution in [2.45, 2.75) is 25.9 Å². The Balaban J connectivity index is 2.02. The van der Waals surface area contributed by atoms with E-state index >= 15 is 0 Å². The van der Waals surface area contributed by atoms with Crippen LogP contribution in [-0.4, -0.2) is 30.1 Å². The van der Waals surface area contributed by atoms with Gasteiger partial charge in [0.2, 0.25) is 0 Å². The number of hydrogen-bond donors (Lipinski definition) is 2. The zero-order valence-corrected chi connectivity index (χ0v) is 8.90. The maximum Gasteiger partial charge on any atom is 0.0942 e. The first kappa shape index (κ1) is 10.9. The van der Waals surface area contributed by atoms with E-state index in [2.05, 4.69) is 0 Å². The van der Waals surface area contributed by atoms with Crippen LogP contribution in [0, 0.1) is 11.3 Å². The van der Waals surface area contributed by atoms with Gasteiger partial charge in [-0.3, -0.25) is 5.41 Å². The molecule has 0 radical (unpaired) electrons. The summed E-state index contributed by atoms with van der Waals surface area (Å²) in [5.41, 5.74) is 5.37. The second-order valence-corrected chi connectivity index (χ2v) is 4.60. The van der Waals surface area contributed by atoms with E-state index in [1.165, 1.54) is 12.8 Å². The summed E-state index contributed by atoms with van der Waals surface area (Å²) in [6.45, 7) is 2.92. The van der Waals surface area contributed by atoms with Gasteiger partial charge in [-0.25, -0.2) is 0 Å². The molecule has 0 spiro atoms. The van der Waals surface area contributed by atoms with E-state index < -0.39 is 0 Å². The third-order valence-corrected chi connectivity index (χ3v) is 3.57. The first-order valence-electron chi connectivity index (χ1n) is 4.73. The van der Waals surface area contributed by atoms with E-state index in [9.17, 15) is 0 Å². The van der Waals surface area contributed by atoms with Crippen molar-refractivity contribution in [2.75, 3.05) is 18.1 Å². The molecule has 0 aromatic heterocycles. The Kier molecular flexibility index (Phi) is 4.59. The fourth-order valence-corrected chi connectivity index (χ4v) is 2.44. The predicted molar refractivity (Wildman–Crippen MR) is 57.4 cm³/mol. The molecule has 0 aliphatic carbocycles. The van der Waals surface area contributed by atoms with E-state index in [0.29, 0.717) is 11.9 Å². The van der Waals surface area contributed by atoms with Crippen LogP contribution >= 0.6 is 11.8 Å². The van der Waals surface area contributed by atoms with E-state index in [1.54, 1.807) is 0 Å². The van der Waals surface area contributed by atoms with E-state index in [1.807, 2.05) is 18.7 Å². The number of amidine groups is 1. The van der Waals surface area contributed by atoms with Gasteiger partial charge in [0, 0.05) is 24.0 Å². The Hall–Kier alpha value is -0.220. The third-order valence-electron chi connectivity index (χ3n) is 2.23. The molecule has 0 bridgehead atoms. The lowest BCUT2D eigenvalue weighted by Gasteiger charge is -2.11. The number of hydrogen-bond acceptors (Lipinski definition) is 3. The minimum Gasteiger partial charge on any atom is -0.387 e. The van der Waals surface area contributed by atoms with Crippen LogP contribution in [0.5, 0.6) is 0 Å². The van der Waals surface area contributed by atoms with Crippen LogP contribution in [0.2, 0.25) is 0 Å². The highest BCUT2D eigenvalue weighted by molar-refractivity contribution is 7.99. The third kappa shape index (κ3) is 4.00. The Morgan fingerprint density at radius 2 is 2.54 bits per heavy atom. The largest absolute Gasteiger partial charge is 0.387 e. The molecule has 0 saturated carbocycles. The Labute approximate surface area is 83.9 Å². The molecule has 1 rings (SSSR count). The van der Waals surface area contributed by atoms with Crippen molar-refractivity contribution in [3.05, 3.63) is 0 Å². The first-order chi connectivity index (χ1) is 6.20. The average molecular weight is 202 g/mol. The summed E-state index contributed by atoms with van der Waals surface area (Å²) in [5, 5.41) is 7.22. The maximum atomic E-state index is 7.22. The Bertz CT molecular complexity index is 169. The van der Waals surface area contributed by atoms with Gasteiger partial charge >= 0.3 is 0 Å². The van der Waals surface area contributed by atoms with Crippen molar-refractivity contribution >= 4 is 17.6 Å². The summed E-state index contributed by atoms with van der Waals surface area (Å²) in [6.07, 6.45) is 2.85. The van der Waals surface area contributed by atoms with Crippen LogP contribution in [0.1, 0.15) is 19.8 Å². The number of thioether (sulfide) groups is 1. The molecule has 0 amide bonds. The molecule has 1 aliphatic heterocycles. The normalized spacial score (nSPS) is 24.5. The Morgan fingerprint density at radius 3 is 3.08 bits per heavy atom. The van der Waals surface area contributed by atoms with Crippen LogP contribution in [0.15, 0.2) is 0 Å². The lowest BCUT2D eigenvalue weighted by atomic mass is 10.2. The molecule has 1 aliphatic rings. The molecule has 13 heavy (non-hydrogen) atoms. The van der Waals surface area contributed by atoms with Gasteiger partial charge in [0.1, 0.15) is 0 Å². The first-order valence-corrected chi connectivity index (χ1v) is 5.89. The number of nitrogens with one attached hydrogen (secondary N) is 1. The number of nitrogens with two attached hydrogens (primary N) is 1. The monoisotopic (exact) mass is 202 g/mol. The van der Waals surface area contributed by atoms with Crippen molar-refractivity contribution in [3.8, 4) is 0 Å². The van der Waals surface area contributed by atoms with Gasteiger partial charge in [0.15, 0.2) is 0 Å². The molecule has 2 unspecified atom stereocenters. The van der Waals surface area contributed by atoms with Gasteiger partial charge < -0.3 is 10.5 Å². The summed E-state index contributed by atoms with van der Waals surface area (Å²) >= 11 is 1.84. The average Bonchev–Trinajstić information content (AvgIpc) is 2.56.